The molecule has 0 spiro atoms. The van der Waals surface area contributed by atoms with Crippen LogP contribution in [0.15, 0.2) is 24.3 Å². The van der Waals surface area contributed by atoms with Gasteiger partial charge in [-0.3, -0.25) is 4.79 Å². The van der Waals surface area contributed by atoms with Gasteiger partial charge in [0.05, 0.1) is 17.8 Å². The lowest BCUT2D eigenvalue weighted by Crippen LogP contribution is -2.49. The maximum Gasteiger partial charge on any atom is 0.418 e. The van der Waals surface area contributed by atoms with Crippen LogP contribution in [-0.2, 0) is 21.2 Å². The third-order valence-electron chi connectivity index (χ3n) is 4.57. The van der Waals surface area contributed by atoms with Gasteiger partial charge in [0, 0.05) is 19.6 Å². The summed E-state index contributed by atoms with van der Waals surface area (Å²) in [6, 6.07) is 4.59. The fourth-order valence-corrected chi connectivity index (χ4v) is 4.53. The van der Waals surface area contributed by atoms with Crippen LogP contribution in [0.1, 0.15) is 32.3 Å². The highest BCUT2D eigenvalue weighted by atomic mass is 32.2. The van der Waals surface area contributed by atoms with Crippen LogP contribution in [0.2, 0.25) is 0 Å². The summed E-state index contributed by atoms with van der Waals surface area (Å²) in [4.78, 5) is 12.2. The van der Waals surface area contributed by atoms with Crippen LogP contribution in [0.5, 0.6) is 0 Å². The second-order valence-corrected chi connectivity index (χ2v) is 8.54. The van der Waals surface area contributed by atoms with Crippen LogP contribution in [0.4, 0.5) is 18.9 Å². The lowest BCUT2D eigenvalue weighted by atomic mass is 10.0. The van der Waals surface area contributed by atoms with Crippen molar-refractivity contribution in [3.63, 3.8) is 0 Å². The molecule has 0 atom stereocenters. The molecule has 0 aliphatic carbocycles. The molecule has 0 saturated carbocycles. The number of nitrogens with one attached hydrogen (secondary N) is 1. The van der Waals surface area contributed by atoms with Crippen LogP contribution in [-0.4, -0.2) is 49.1 Å². The first-order valence-electron chi connectivity index (χ1n) is 8.77. The maximum absolute atomic E-state index is 13.0. The number of rotatable bonds is 6. The average molecular weight is 407 g/mol. The van der Waals surface area contributed by atoms with Gasteiger partial charge < -0.3 is 5.32 Å². The molecular weight excluding hydrogens is 383 g/mol. The Bertz CT molecular complexity index is 760. The van der Waals surface area contributed by atoms with Crippen molar-refractivity contribution in [3.8, 4) is 0 Å². The Morgan fingerprint density at radius 2 is 1.85 bits per heavy atom. The summed E-state index contributed by atoms with van der Waals surface area (Å²) in [5.74, 6) is -0.379. The van der Waals surface area contributed by atoms with Crippen molar-refractivity contribution in [2.24, 2.45) is 5.92 Å². The molecule has 0 aromatic heterocycles. The van der Waals surface area contributed by atoms with E-state index in [0.29, 0.717) is 19.0 Å². The van der Waals surface area contributed by atoms with Crippen molar-refractivity contribution in [2.45, 2.75) is 32.9 Å². The van der Waals surface area contributed by atoms with E-state index < -0.39 is 40.1 Å². The molecule has 1 aliphatic heterocycles. The minimum atomic E-state index is -4.62. The second kappa shape index (κ2) is 8.57. The molecule has 1 aromatic rings. The zero-order valence-corrected chi connectivity index (χ0v) is 16.1. The maximum atomic E-state index is 13.0. The summed E-state index contributed by atoms with van der Waals surface area (Å²) in [7, 11) is -3.84. The summed E-state index contributed by atoms with van der Waals surface area (Å²) >= 11 is 0. The van der Waals surface area contributed by atoms with E-state index in [-0.39, 0.29) is 6.54 Å². The Balaban J connectivity index is 2.10. The predicted octanol–water partition coefficient (Wildman–Crippen LogP) is 2.94. The lowest BCUT2D eigenvalue weighted by molar-refractivity contribution is -0.137. The third kappa shape index (κ3) is 5.43. The largest absolute Gasteiger partial charge is 0.418 e. The van der Waals surface area contributed by atoms with Gasteiger partial charge >= 0.3 is 6.18 Å². The number of amides is 1. The zero-order chi connectivity index (χ0) is 20.2. The SMILES string of the molecule is CCN(CC(=O)Nc1ccccc1C(F)(F)F)S(=O)(=O)N1CCC(C)CC1. The summed E-state index contributed by atoms with van der Waals surface area (Å²) in [5.41, 5.74) is -1.37. The van der Waals surface area contributed by atoms with E-state index in [9.17, 15) is 26.4 Å². The fraction of sp³-hybridized carbons (Fsp3) is 0.588. The Morgan fingerprint density at radius 3 is 2.41 bits per heavy atom. The number of anilines is 1. The number of benzene rings is 1. The first-order valence-corrected chi connectivity index (χ1v) is 10.2. The average Bonchev–Trinajstić information content (AvgIpc) is 2.59. The number of nitrogens with zero attached hydrogens (tertiary/aromatic N) is 2. The smallest absolute Gasteiger partial charge is 0.324 e. The van der Waals surface area contributed by atoms with Crippen LogP contribution < -0.4 is 5.32 Å². The number of hydrogen-bond acceptors (Lipinski definition) is 3. The first kappa shape index (κ1) is 21.6. The molecule has 6 nitrogen and oxygen atoms in total. The molecule has 1 fully saturated rings. The number of piperidine rings is 1. The molecule has 1 amide bonds. The summed E-state index contributed by atoms with van der Waals surface area (Å²) < 4.78 is 66.8. The van der Waals surface area contributed by atoms with Crippen molar-refractivity contribution in [2.75, 3.05) is 31.5 Å². The number of halogens is 3. The van der Waals surface area contributed by atoms with E-state index in [1.807, 2.05) is 6.92 Å². The van der Waals surface area contributed by atoms with Crippen molar-refractivity contribution in [1.82, 2.24) is 8.61 Å². The van der Waals surface area contributed by atoms with E-state index in [1.54, 1.807) is 6.92 Å². The molecule has 1 saturated heterocycles. The van der Waals surface area contributed by atoms with E-state index in [1.165, 1.54) is 16.4 Å². The Morgan fingerprint density at radius 1 is 1.26 bits per heavy atom. The standard InChI is InChI=1S/C17H24F3N3O3S/c1-3-22(27(25,26)23-10-8-13(2)9-11-23)12-16(24)21-15-7-5-4-6-14(15)17(18,19)20/h4-7,13H,3,8-12H2,1-2H3,(H,21,24). The number of likely N-dealkylation sites (N-methyl/N-ethyl adjacent to an activating group) is 1. The number of carbonyl (C=O) groups is 1. The zero-order valence-electron chi connectivity index (χ0n) is 15.3. The number of hydrogen-bond donors (Lipinski definition) is 1. The summed E-state index contributed by atoms with van der Waals surface area (Å²) in [5, 5.41) is 2.18. The molecule has 27 heavy (non-hydrogen) atoms. The molecule has 0 unspecified atom stereocenters. The van der Waals surface area contributed by atoms with Crippen LogP contribution in [0.25, 0.3) is 0 Å². The van der Waals surface area contributed by atoms with Gasteiger partial charge in [0.1, 0.15) is 0 Å². The summed E-state index contributed by atoms with van der Waals surface area (Å²) in [6.07, 6.45) is -3.14. The third-order valence-corrected chi connectivity index (χ3v) is 6.63. The Hall–Kier alpha value is -1.65. The van der Waals surface area contributed by atoms with E-state index in [0.717, 1.165) is 29.3 Å². The van der Waals surface area contributed by atoms with Gasteiger partial charge in [-0.25, -0.2) is 0 Å². The van der Waals surface area contributed by atoms with Gasteiger partial charge in [0.15, 0.2) is 0 Å². The highest BCUT2D eigenvalue weighted by molar-refractivity contribution is 7.86. The van der Waals surface area contributed by atoms with Gasteiger partial charge in [-0.2, -0.15) is 30.2 Å². The monoisotopic (exact) mass is 407 g/mol. The highest BCUT2D eigenvalue weighted by Crippen LogP contribution is 2.34. The molecule has 1 heterocycles. The van der Waals surface area contributed by atoms with Crippen molar-refractivity contribution >= 4 is 21.8 Å². The van der Waals surface area contributed by atoms with E-state index in [2.05, 4.69) is 5.32 Å². The van der Waals surface area contributed by atoms with Crippen molar-refractivity contribution in [3.05, 3.63) is 29.8 Å². The van der Waals surface area contributed by atoms with Gasteiger partial charge in [0.2, 0.25) is 5.91 Å². The normalized spacial score (nSPS) is 17.3. The quantitative estimate of drug-likeness (QED) is 0.788. The molecule has 0 radical (unpaired) electrons. The fourth-order valence-electron chi connectivity index (χ4n) is 2.92. The molecule has 10 heteroatoms. The van der Waals surface area contributed by atoms with Gasteiger partial charge in [-0.1, -0.05) is 26.0 Å². The van der Waals surface area contributed by atoms with Crippen molar-refractivity contribution < 1.29 is 26.4 Å². The first-order chi connectivity index (χ1) is 12.6. The van der Waals surface area contributed by atoms with E-state index in [4.69, 9.17) is 0 Å². The number of para-hydroxylation sites is 1. The molecule has 2 rings (SSSR count). The predicted molar refractivity (Wildman–Crippen MR) is 96.2 cm³/mol. The Kier molecular flexibility index (Phi) is 6.87. The van der Waals surface area contributed by atoms with E-state index >= 15 is 0 Å². The second-order valence-electron chi connectivity index (χ2n) is 6.61. The lowest BCUT2D eigenvalue weighted by Gasteiger charge is -2.33. The Labute approximate surface area is 157 Å². The van der Waals surface area contributed by atoms with Gasteiger partial charge in [-0.05, 0) is 30.9 Å². The molecule has 1 N–H and O–H groups in total. The van der Waals surface area contributed by atoms with Crippen LogP contribution in [0.3, 0.4) is 0 Å². The molecule has 1 aromatic carbocycles. The van der Waals surface area contributed by atoms with Crippen molar-refractivity contribution in [1.29, 1.82) is 0 Å². The minimum absolute atomic E-state index is 0.0444. The molecule has 152 valence electrons. The van der Waals surface area contributed by atoms with Gasteiger partial charge in [0.25, 0.3) is 10.2 Å². The topological polar surface area (TPSA) is 69.7 Å². The molecule has 1 aliphatic rings. The highest BCUT2D eigenvalue weighted by Gasteiger charge is 2.35. The van der Waals surface area contributed by atoms with Crippen LogP contribution in [0, 0.1) is 5.92 Å². The van der Waals surface area contributed by atoms with Gasteiger partial charge in [-0.15, -0.1) is 0 Å². The molecule has 0 bridgehead atoms. The molecular formula is C17H24F3N3O3S. The summed E-state index contributed by atoms with van der Waals surface area (Å²) in [6.45, 7) is 3.88. The number of alkyl halides is 3. The minimum Gasteiger partial charge on any atom is -0.324 e. The number of carbonyl (C=O) groups excluding carboxylic acids is 1. The van der Waals surface area contributed by atoms with Crippen LogP contribution >= 0.6 is 0 Å².